The monoisotopic (exact) mass is 510 g/mol. The molecule has 11 heteroatoms. The summed E-state index contributed by atoms with van der Waals surface area (Å²) in [6.07, 6.45) is 1.46. The Morgan fingerprint density at radius 1 is 0.895 bits per heavy atom. The quantitative estimate of drug-likeness (QED) is 0.159. The van der Waals surface area contributed by atoms with Crippen LogP contribution in [0.5, 0.6) is 5.75 Å². The summed E-state index contributed by atoms with van der Waals surface area (Å²) >= 11 is 0. The van der Waals surface area contributed by atoms with E-state index < -0.39 is 15.8 Å². The number of rotatable bonds is 8. The van der Waals surface area contributed by atoms with Crippen LogP contribution in [0, 0.1) is 20.2 Å². The zero-order valence-electron chi connectivity index (χ0n) is 19.6. The molecule has 0 aliphatic carbocycles. The highest BCUT2D eigenvalue weighted by Crippen LogP contribution is 2.28. The minimum atomic E-state index is -0.631. The number of nitrogens with one attached hydrogen (secondary N) is 1. The second-order valence-electron chi connectivity index (χ2n) is 8.20. The Kier molecular flexibility index (Phi) is 6.47. The number of nitro benzene ring substituents is 2. The van der Waals surface area contributed by atoms with Crippen molar-refractivity contribution in [1.29, 1.82) is 0 Å². The third-order valence-corrected chi connectivity index (χ3v) is 5.77. The zero-order chi connectivity index (χ0) is 26.6. The average molecular weight is 510 g/mol. The van der Waals surface area contributed by atoms with Crippen LogP contribution in [0.1, 0.15) is 21.7 Å². The third kappa shape index (κ3) is 5.02. The summed E-state index contributed by atoms with van der Waals surface area (Å²) in [5.74, 6) is -0.185. The fourth-order valence-corrected chi connectivity index (χ4v) is 3.88. The highest BCUT2D eigenvalue weighted by atomic mass is 16.6. The summed E-state index contributed by atoms with van der Waals surface area (Å²) in [5, 5.41) is 28.1. The first kappa shape index (κ1) is 24.1. The molecule has 11 nitrogen and oxygen atoms in total. The molecule has 0 saturated carbocycles. The van der Waals surface area contributed by atoms with Crippen LogP contribution in [0.15, 0.2) is 94.4 Å². The molecule has 0 atom stereocenters. The van der Waals surface area contributed by atoms with Gasteiger partial charge in [-0.15, -0.1) is 0 Å². The van der Waals surface area contributed by atoms with Gasteiger partial charge in [0, 0.05) is 35.2 Å². The molecule has 5 aromatic rings. The molecule has 0 saturated heterocycles. The summed E-state index contributed by atoms with van der Waals surface area (Å²) in [6, 6.07) is 22.8. The number of hydrogen-bond acceptors (Lipinski definition) is 8. The lowest BCUT2D eigenvalue weighted by Gasteiger charge is -2.12. The van der Waals surface area contributed by atoms with Crippen LogP contribution in [-0.4, -0.2) is 22.0 Å². The molecule has 38 heavy (non-hydrogen) atoms. The van der Waals surface area contributed by atoms with E-state index in [0.29, 0.717) is 22.3 Å². The molecule has 1 aromatic heterocycles. The van der Waals surface area contributed by atoms with Gasteiger partial charge in [-0.3, -0.25) is 25.0 Å². The second-order valence-corrected chi connectivity index (χ2v) is 8.20. The molecule has 188 valence electrons. The van der Waals surface area contributed by atoms with Crippen molar-refractivity contribution in [2.75, 3.05) is 0 Å². The minimum absolute atomic E-state index is 0.00862. The number of benzene rings is 4. The molecule has 0 aliphatic heterocycles. The predicted octanol–water partition coefficient (Wildman–Crippen LogP) is 5.75. The van der Waals surface area contributed by atoms with Crippen molar-refractivity contribution < 1.29 is 23.8 Å². The highest BCUT2D eigenvalue weighted by molar-refractivity contribution is 6.03. The van der Waals surface area contributed by atoms with E-state index in [1.54, 1.807) is 18.2 Å². The van der Waals surface area contributed by atoms with Gasteiger partial charge in [0.25, 0.3) is 11.4 Å². The standard InChI is InChI=1S/C27H18N4O7/c32-27(26-14-19-13-21(31(35)36)10-12-24(19)38-26)29-28-15-23-22-4-2-1-3-18(22)7-11-25(23)37-16-17-5-8-20(9-6-17)30(33)34/h1-15H,16H2,(H,29,32)/b28-15+. The zero-order valence-corrected chi connectivity index (χ0v) is 19.6. The normalized spacial score (nSPS) is 11.2. The minimum Gasteiger partial charge on any atom is -0.488 e. The number of carbonyl (C=O) groups excluding carboxylic acids is 1. The molecule has 1 heterocycles. The fourth-order valence-electron chi connectivity index (χ4n) is 3.88. The number of hydrazone groups is 1. The smallest absolute Gasteiger partial charge is 0.307 e. The Bertz CT molecular complexity index is 1730. The van der Waals surface area contributed by atoms with E-state index in [9.17, 15) is 25.0 Å². The van der Waals surface area contributed by atoms with E-state index in [-0.39, 0.29) is 23.7 Å². The van der Waals surface area contributed by atoms with Crippen LogP contribution in [0.3, 0.4) is 0 Å². The summed E-state index contributed by atoms with van der Waals surface area (Å²) in [5.41, 5.74) is 3.98. The fraction of sp³-hybridized carbons (Fsp3) is 0.0370. The Morgan fingerprint density at radius 2 is 1.63 bits per heavy atom. The molecule has 0 unspecified atom stereocenters. The average Bonchev–Trinajstić information content (AvgIpc) is 3.36. The van der Waals surface area contributed by atoms with Gasteiger partial charge in [-0.05, 0) is 46.7 Å². The van der Waals surface area contributed by atoms with Crippen LogP contribution in [0.2, 0.25) is 0 Å². The van der Waals surface area contributed by atoms with Crippen LogP contribution >= 0.6 is 0 Å². The van der Waals surface area contributed by atoms with Crippen molar-refractivity contribution in [3.8, 4) is 5.75 Å². The van der Waals surface area contributed by atoms with Crippen molar-refractivity contribution in [1.82, 2.24) is 5.43 Å². The van der Waals surface area contributed by atoms with Gasteiger partial charge in [0.05, 0.1) is 16.1 Å². The number of furan rings is 1. The SMILES string of the molecule is O=C(N/N=C/c1c(OCc2ccc([N+](=O)[O-])cc2)ccc2ccccc12)c1cc2cc([N+](=O)[O-])ccc2o1. The molecule has 0 bridgehead atoms. The van der Waals surface area contributed by atoms with E-state index in [4.69, 9.17) is 9.15 Å². The maximum absolute atomic E-state index is 12.6. The Labute approximate surface area is 214 Å². The molecular weight excluding hydrogens is 492 g/mol. The maximum atomic E-state index is 12.6. The molecule has 0 radical (unpaired) electrons. The molecule has 1 N–H and O–H groups in total. The summed E-state index contributed by atoms with van der Waals surface area (Å²) in [4.78, 5) is 33.5. The first-order valence-corrected chi connectivity index (χ1v) is 11.3. The van der Waals surface area contributed by atoms with Crippen molar-refractivity contribution in [3.05, 3.63) is 122 Å². The van der Waals surface area contributed by atoms with Crippen LogP contribution in [0.4, 0.5) is 11.4 Å². The lowest BCUT2D eigenvalue weighted by molar-refractivity contribution is -0.385. The van der Waals surface area contributed by atoms with Gasteiger partial charge in [0.2, 0.25) is 0 Å². The van der Waals surface area contributed by atoms with Crippen LogP contribution < -0.4 is 10.2 Å². The van der Waals surface area contributed by atoms with Gasteiger partial charge in [-0.25, -0.2) is 5.43 Å². The first-order chi connectivity index (χ1) is 18.4. The molecule has 5 rings (SSSR count). The summed E-state index contributed by atoms with van der Waals surface area (Å²) in [6.45, 7) is 0.161. The molecular formula is C27H18N4O7. The number of hydrogen-bond donors (Lipinski definition) is 1. The van der Waals surface area contributed by atoms with Gasteiger partial charge in [0.15, 0.2) is 5.76 Å². The van der Waals surface area contributed by atoms with E-state index in [0.717, 1.165) is 16.3 Å². The molecule has 0 spiro atoms. The number of nitro groups is 2. The number of ether oxygens (including phenoxy) is 1. The Balaban J connectivity index is 1.36. The molecule has 4 aromatic carbocycles. The van der Waals surface area contributed by atoms with Gasteiger partial charge in [-0.1, -0.05) is 30.3 Å². The van der Waals surface area contributed by atoms with Crippen molar-refractivity contribution >= 4 is 45.2 Å². The van der Waals surface area contributed by atoms with E-state index >= 15 is 0 Å². The number of carbonyl (C=O) groups is 1. The van der Waals surface area contributed by atoms with Crippen molar-refractivity contribution in [2.45, 2.75) is 6.61 Å². The number of amides is 1. The maximum Gasteiger partial charge on any atom is 0.307 e. The van der Waals surface area contributed by atoms with E-state index in [1.807, 2.05) is 30.3 Å². The number of non-ortho nitro benzene ring substituents is 2. The van der Waals surface area contributed by atoms with E-state index in [2.05, 4.69) is 10.5 Å². The number of nitrogens with zero attached hydrogens (tertiary/aromatic N) is 3. The Hall–Kier alpha value is -5.58. The number of fused-ring (bicyclic) bond motifs is 2. The largest absolute Gasteiger partial charge is 0.488 e. The molecule has 0 fully saturated rings. The van der Waals surface area contributed by atoms with Gasteiger partial charge < -0.3 is 9.15 Å². The van der Waals surface area contributed by atoms with Crippen molar-refractivity contribution in [2.24, 2.45) is 5.10 Å². The molecule has 1 amide bonds. The third-order valence-electron chi connectivity index (χ3n) is 5.77. The highest BCUT2D eigenvalue weighted by Gasteiger charge is 2.15. The first-order valence-electron chi connectivity index (χ1n) is 11.3. The van der Waals surface area contributed by atoms with Crippen LogP contribution in [-0.2, 0) is 6.61 Å². The van der Waals surface area contributed by atoms with Crippen molar-refractivity contribution in [3.63, 3.8) is 0 Å². The van der Waals surface area contributed by atoms with E-state index in [1.165, 1.54) is 42.6 Å². The molecule has 0 aliphatic rings. The lowest BCUT2D eigenvalue weighted by atomic mass is 10.0. The summed E-state index contributed by atoms with van der Waals surface area (Å²) < 4.78 is 11.5. The topological polar surface area (TPSA) is 150 Å². The lowest BCUT2D eigenvalue weighted by Crippen LogP contribution is -2.16. The van der Waals surface area contributed by atoms with Gasteiger partial charge in [0.1, 0.15) is 17.9 Å². The van der Waals surface area contributed by atoms with Crippen LogP contribution in [0.25, 0.3) is 21.7 Å². The van der Waals surface area contributed by atoms with Gasteiger partial charge in [-0.2, -0.15) is 5.10 Å². The van der Waals surface area contributed by atoms with Gasteiger partial charge >= 0.3 is 5.91 Å². The second kappa shape index (κ2) is 10.2. The predicted molar refractivity (Wildman–Crippen MR) is 139 cm³/mol. The Morgan fingerprint density at radius 3 is 2.39 bits per heavy atom. The summed E-state index contributed by atoms with van der Waals surface area (Å²) in [7, 11) is 0.